The van der Waals surface area contributed by atoms with E-state index in [2.05, 4.69) is 32.0 Å². The molecule has 1 saturated carbocycles. The lowest BCUT2D eigenvalue weighted by molar-refractivity contribution is -0.0263. The lowest BCUT2D eigenvalue weighted by Gasteiger charge is -2.29. The summed E-state index contributed by atoms with van der Waals surface area (Å²) in [6.07, 6.45) is 5.13. The van der Waals surface area contributed by atoms with E-state index >= 15 is 0 Å². The van der Waals surface area contributed by atoms with Crippen molar-refractivity contribution in [2.24, 2.45) is 5.92 Å². The molecule has 0 spiro atoms. The number of aliphatic hydroxyl groups is 2. The number of aryl methyl sites for hydroxylation is 2. The van der Waals surface area contributed by atoms with Crippen LogP contribution >= 0.6 is 0 Å². The molecular formula is C17H26O2. The van der Waals surface area contributed by atoms with Crippen LogP contribution in [-0.2, 0) is 6.42 Å². The molecule has 106 valence electrons. The van der Waals surface area contributed by atoms with Crippen LogP contribution in [0.2, 0.25) is 0 Å². The average molecular weight is 262 g/mol. The molecule has 1 aliphatic carbocycles. The van der Waals surface area contributed by atoms with E-state index in [1.165, 1.54) is 30.4 Å². The molecule has 19 heavy (non-hydrogen) atoms. The van der Waals surface area contributed by atoms with Crippen LogP contribution in [0.4, 0.5) is 0 Å². The van der Waals surface area contributed by atoms with Gasteiger partial charge in [0.15, 0.2) is 0 Å². The number of aliphatic hydroxyl groups excluding tert-OH is 2. The highest BCUT2D eigenvalue weighted by Gasteiger charge is 2.27. The van der Waals surface area contributed by atoms with Gasteiger partial charge in [-0.2, -0.15) is 0 Å². The van der Waals surface area contributed by atoms with Crippen LogP contribution in [-0.4, -0.2) is 22.4 Å². The van der Waals surface area contributed by atoms with Crippen LogP contribution in [0.3, 0.4) is 0 Å². The van der Waals surface area contributed by atoms with Crippen molar-refractivity contribution >= 4 is 0 Å². The van der Waals surface area contributed by atoms with Gasteiger partial charge < -0.3 is 10.2 Å². The number of hydrogen-bond donors (Lipinski definition) is 2. The van der Waals surface area contributed by atoms with Gasteiger partial charge in [0.25, 0.3) is 0 Å². The molecule has 0 radical (unpaired) electrons. The summed E-state index contributed by atoms with van der Waals surface area (Å²) >= 11 is 0. The molecule has 1 aromatic rings. The van der Waals surface area contributed by atoms with Crippen molar-refractivity contribution < 1.29 is 10.2 Å². The number of hydrogen-bond acceptors (Lipinski definition) is 2. The molecule has 2 N–H and O–H groups in total. The van der Waals surface area contributed by atoms with Gasteiger partial charge in [-0.25, -0.2) is 0 Å². The summed E-state index contributed by atoms with van der Waals surface area (Å²) in [7, 11) is 0. The zero-order valence-corrected chi connectivity index (χ0v) is 12.1. The summed E-state index contributed by atoms with van der Waals surface area (Å²) in [6, 6.07) is 6.33. The Morgan fingerprint density at radius 3 is 2.16 bits per heavy atom. The van der Waals surface area contributed by atoms with Crippen LogP contribution in [0.15, 0.2) is 18.2 Å². The molecule has 2 rings (SSSR count). The van der Waals surface area contributed by atoms with E-state index < -0.39 is 12.2 Å². The standard InChI is InChI=1S/C17H26O2/c1-12-8-13(2)10-14(9-12)11-16(18)17(19)15-6-4-3-5-7-15/h8-10,15-19H,3-7,11H2,1-2H3. The fourth-order valence-electron chi connectivity index (χ4n) is 3.34. The molecule has 0 saturated heterocycles. The molecule has 1 fully saturated rings. The number of benzene rings is 1. The Balaban J connectivity index is 1.97. The topological polar surface area (TPSA) is 40.5 Å². The molecule has 0 aliphatic heterocycles. The van der Waals surface area contributed by atoms with E-state index in [0.717, 1.165) is 18.4 Å². The minimum atomic E-state index is -0.635. The molecule has 0 aromatic heterocycles. The minimum Gasteiger partial charge on any atom is -0.390 e. The van der Waals surface area contributed by atoms with Crippen LogP contribution in [0.25, 0.3) is 0 Å². The summed E-state index contributed by atoms with van der Waals surface area (Å²) in [6.45, 7) is 4.14. The molecular weight excluding hydrogens is 236 g/mol. The minimum absolute atomic E-state index is 0.287. The van der Waals surface area contributed by atoms with Gasteiger partial charge in [0.1, 0.15) is 0 Å². The monoisotopic (exact) mass is 262 g/mol. The Hall–Kier alpha value is -0.860. The van der Waals surface area contributed by atoms with Crippen molar-refractivity contribution in [3.05, 3.63) is 34.9 Å². The van der Waals surface area contributed by atoms with Crippen molar-refractivity contribution in [3.8, 4) is 0 Å². The van der Waals surface area contributed by atoms with Gasteiger partial charge in [-0.05, 0) is 38.2 Å². The van der Waals surface area contributed by atoms with Gasteiger partial charge in [0.05, 0.1) is 12.2 Å². The van der Waals surface area contributed by atoms with E-state index in [-0.39, 0.29) is 5.92 Å². The van der Waals surface area contributed by atoms with Crippen LogP contribution in [0.1, 0.15) is 48.8 Å². The first-order valence-electron chi connectivity index (χ1n) is 7.49. The second-order valence-corrected chi connectivity index (χ2v) is 6.16. The predicted octanol–water partition coefficient (Wildman–Crippen LogP) is 3.15. The normalized spacial score (nSPS) is 20.2. The van der Waals surface area contributed by atoms with Gasteiger partial charge in [-0.1, -0.05) is 48.6 Å². The highest BCUT2D eigenvalue weighted by molar-refractivity contribution is 5.29. The fourth-order valence-corrected chi connectivity index (χ4v) is 3.34. The Labute approximate surface area is 116 Å². The smallest absolute Gasteiger partial charge is 0.0842 e. The van der Waals surface area contributed by atoms with Gasteiger partial charge >= 0.3 is 0 Å². The van der Waals surface area contributed by atoms with Gasteiger partial charge in [-0.15, -0.1) is 0 Å². The second-order valence-electron chi connectivity index (χ2n) is 6.16. The molecule has 1 aromatic carbocycles. The molecule has 2 unspecified atom stereocenters. The molecule has 0 heterocycles. The van der Waals surface area contributed by atoms with Crippen LogP contribution < -0.4 is 0 Å². The van der Waals surface area contributed by atoms with Crippen molar-refractivity contribution in [1.82, 2.24) is 0 Å². The lowest BCUT2D eigenvalue weighted by atomic mass is 9.82. The summed E-state index contributed by atoms with van der Waals surface area (Å²) < 4.78 is 0. The summed E-state index contributed by atoms with van der Waals surface area (Å²) in [5.74, 6) is 0.287. The maximum Gasteiger partial charge on any atom is 0.0842 e. The fraction of sp³-hybridized carbons (Fsp3) is 0.647. The number of rotatable bonds is 4. The molecule has 2 atom stereocenters. The second kappa shape index (κ2) is 6.53. The van der Waals surface area contributed by atoms with Crippen LogP contribution in [0, 0.1) is 19.8 Å². The van der Waals surface area contributed by atoms with Crippen molar-refractivity contribution in [1.29, 1.82) is 0 Å². The first kappa shape index (κ1) is 14.5. The summed E-state index contributed by atoms with van der Waals surface area (Å²) in [5, 5.41) is 20.5. The van der Waals surface area contributed by atoms with E-state index in [1.54, 1.807) is 0 Å². The highest BCUT2D eigenvalue weighted by atomic mass is 16.3. The van der Waals surface area contributed by atoms with Gasteiger partial charge in [-0.3, -0.25) is 0 Å². The first-order chi connectivity index (χ1) is 9.06. The molecule has 0 amide bonds. The Morgan fingerprint density at radius 2 is 1.58 bits per heavy atom. The average Bonchev–Trinajstić information content (AvgIpc) is 2.37. The van der Waals surface area contributed by atoms with Crippen molar-refractivity contribution in [3.63, 3.8) is 0 Å². The molecule has 0 bridgehead atoms. The van der Waals surface area contributed by atoms with E-state index in [0.29, 0.717) is 6.42 Å². The Morgan fingerprint density at radius 1 is 1.00 bits per heavy atom. The quantitative estimate of drug-likeness (QED) is 0.875. The van der Waals surface area contributed by atoms with Gasteiger partial charge in [0.2, 0.25) is 0 Å². The molecule has 2 heteroatoms. The first-order valence-corrected chi connectivity index (χ1v) is 7.49. The summed E-state index contributed by atoms with van der Waals surface area (Å²) in [4.78, 5) is 0. The Bertz CT molecular complexity index is 387. The van der Waals surface area contributed by atoms with E-state index in [1.807, 2.05) is 0 Å². The maximum absolute atomic E-state index is 10.3. The van der Waals surface area contributed by atoms with Crippen LogP contribution in [0.5, 0.6) is 0 Å². The Kier molecular flexibility index (Phi) is 5.00. The largest absolute Gasteiger partial charge is 0.390 e. The third-order valence-corrected chi connectivity index (χ3v) is 4.25. The molecule has 2 nitrogen and oxygen atoms in total. The van der Waals surface area contributed by atoms with Crippen molar-refractivity contribution in [2.75, 3.05) is 0 Å². The molecule has 1 aliphatic rings. The zero-order chi connectivity index (χ0) is 13.8. The van der Waals surface area contributed by atoms with Crippen molar-refractivity contribution in [2.45, 2.75) is 64.6 Å². The predicted molar refractivity (Wildman–Crippen MR) is 78.2 cm³/mol. The third-order valence-electron chi connectivity index (χ3n) is 4.25. The maximum atomic E-state index is 10.3. The van der Waals surface area contributed by atoms with E-state index in [9.17, 15) is 10.2 Å². The third kappa shape index (κ3) is 4.05. The highest BCUT2D eigenvalue weighted by Crippen LogP contribution is 2.28. The van der Waals surface area contributed by atoms with E-state index in [4.69, 9.17) is 0 Å². The zero-order valence-electron chi connectivity index (χ0n) is 12.1. The SMILES string of the molecule is Cc1cc(C)cc(CC(O)C(O)C2CCCCC2)c1. The summed E-state index contributed by atoms with van der Waals surface area (Å²) in [5.41, 5.74) is 3.56. The van der Waals surface area contributed by atoms with Gasteiger partial charge in [0, 0.05) is 6.42 Å². The lowest BCUT2D eigenvalue weighted by Crippen LogP contribution is -2.36.